The first kappa shape index (κ1) is 12.9. The van der Waals surface area contributed by atoms with E-state index in [-0.39, 0.29) is 0 Å². The quantitative estimate of drug-likeness (QED) is 0.659. The van der Waals surface area contributed by atoms with Crippen molar-refractivity contribution in [2.75, 3.05) is 5.33 Å². The van der Waals surface area contributed by atoms with Crippen LogP contribution in [-0.4, -0.2) is 5.33 Å². The molecule has 2 rings (SSSR count). The molecule has 0 aliphatic heterocycles. The van der Waals surface area contributed by atoms with E-state index in [2.05, 4.69) is 53.2 Å². The molecule has 1 saturated carbocycles. The molecule has 0 bridgehead atoms. The highest BCUT2D eigenvalue weighted by molar-refractivity contribution is 9.09. The van der Waals surface area contributed by atoms with Crippen LogP contribution in [0, 0.1) is 12.8 Å². The number of alkyl halides is 1. The maximum absolute atomic E-state index is 3.67. The Bertz CT molecular complexity index is 386. The monoisotopic (exact) mass is 292 g/mol. The molecule has 0 nitrogen and oxygen atoms in total. The molecule has 1 aliphatic carbocycles. The lowest BCUT2D eigenvalue weighted by atomic mass is 9.83. The molecule has 0 aromatic heterocycles. The van der Waals surface area contributed by atoms with E-state index in [1.165, 1.54) is 43.2 Å². The van der Waals surface area contributed by atoms with Crippen molar-refractivity contribution in [1.29, 1.82) is 0 Å². The van der Waals surface area contributed by atoms with Crippen LogP contribution < -0.4 is 0 Å². The first-order chi connectivity index (χ1) is 8.31. The number of rotatable bonds is 3. The molecular weight excluding hydrogens is 272 g/mol. The van der Waals surface area contributed by atoms with E-state index in [9.17, 15) is 0 Å². The SMILES string of the molecule is Cc1ccccc1C=C(CBr)C1CCCCC1. The molecule has 1 heteroatoms. The van der Waals surface area contributed by atoms with Crippen LogP contribution in [0.15, 0.2) is 29.8 Å². The normalized spacial score (nSPS) is 18.4. The maximum Gasteiger partial charge on any atom is 0.0247 e. The third-order valence-corrected chi connectivity index (χ3v) is 4.46. The summed E-state index contributed by atoms with van der Waals surface area (Å²) >= 11 is 3.67. The summed E-state index contributed by atoms with van der Waals surface area (Å²) in [5, 5.41) is 1.02. The minimum absolute atomic E-state index is 0.808. The Labute approximate surface area is 113 Å². The van der Waals surface area contributed by atoms with Gasteiger partial charge in [-0.3, -0.25) is 0 Å². The van der Waals surface area contributed by atoms with Gasteiger partial charge >= 0.3 is 0 Å². The Morgan fingerprint density at radius 2 is 1.94 bits per heavy atom. The zero-order valence-corrected chi connectivity index (χ0v) is 12.2. The molecule has 0 radical (unpaired) electrons. The highest BCUT2D eigenvalue weighted by Gasteiger charge is 2.17. The van der Waals surface area contributed by atoms with Gasteiger partial charge in [-0.2, -0.15) is 0 Å². The van der Waals surface area contributed by atoms with Crippen LogP contribution in [0.5, 0.6) is 0 Å². The number of aryl methyl sites for hydroxylation is 1. The van der Waals surface area contributed by atoms with Crippen molar-refractivity contribution in [3.63, 3.8) is 0 Å². The van der Waals surface area contributed by atoms with Crippen molar-refractivity contribution in [3.05, 3.63) is 41.0 Å². The molecule has 17 heavy (non-hydrogen) atoms. The van der Waals surface area contributed by atoms with E-state index in [0.717, 1.165) is 11.2 Å². The van der Waals surface area contributed by atoms with Crippen molar-refractivity contribution in [2.45, 2.75) is 39.0 Å². The number of benzene rings is 1. The molecule has 0 heterocycles. The number of allylic oxidation sites excluding steroid dienone is 1. The summed E-state index contributed by atoms with van der Waals surface area (Å²) in [7, 11) is 0. The summed E-state index contributed by atoms with van der Waals surface area (Å²) in [4.78, 5) is 0. The molecule has 1 aromatic carbocycles. The molecular formula is C16H21Br. The Hall–Kier alpha value is -0.560. The Morgan fingerprint density at radius 1 is 1.24 bits per heavy atom. The highest BCUT2D eigenvalue weighted by atomic mass is 79.9. The third-order valence-electron chi connectivity index (χ3n) is 3.81. The summed E-state index contributed by atoms with van der Waals surface area (Å²) in [5.74, 6) is 0.808. The van der Waals surface area contributed by atoms with Gasteiger partial charge in [0.05, 0.1) is 0 Å². The van der Waals surface area contributed by atoms with Gasteiger partial charge in [0, 0.05) is 5.33 Å². The van der Waals surface area contributed by atoms with Gasteiger partial charge in [-0.15, -0.1) is 0 Å². The summed E-state index contributed by atoms with van der Waals surface area (Å²) in [6, 6.07) is 8.66. The molecule has 1 aromatic rings. The fraction of sp³-hybridized carbons (Fsp3) is 0.500. The van der Waals surface area contributed by atoms with Gasteiger partial charge < -0.3 is 0 Å². The van der Waals surface area contributed by atoms with Gasteiger partial charge in [0.2, 0.25) is 0 Å². The van der Waals surface area contributed by atoms with E-state index in [4.69, 9.17) is 0 Å². The molecule has 0 atom stereocenters. The van der Waals surface area contributed by atoms with E-state index >= 15 is 0 Å². The third kappa shape index (κ3) is 3.45. The van der Waals surface area contributed by atoms with E-state index in [0.29, 0.717) is 0 Å². The van der Waals surface area contributed by atoms with Crippen LogP contribution in [0.4, 0.5) is 0 Å². The van der Waals surface area contributed by atoms with Crippen LogP contribution in [0.2, 0.25) is 0 Å². The number of halogens is 1. The average molecular weight is 293 g/mol. The standard InChI is InChI=1S/C16H21Br/c1-13-7-5-6-10-15(13)11-16(12-17)14-8-3-2-4-9-14/h5-7,10-11,14H,2-4,8-9,12H2,1H3. The zero-order valence-electron chi connectivity index (χ0n) is 10.6. The van der Waals surface area contributed by atoms with Crippen LogP contribution in [0.25, 0.3) is 6.08 Å². The molecule has 0 saturated heterocycles. The Morgan fingerprint density at radius 3 is 2.59 bits per heavy atom. The molecule has 92 valence electrons. The van der Waals surface area contributed by atoms with Crippen molar-refractivity contribution in [3.8, 4) is 0 Å². The lowest BCUT2D eigenvalue weighted by molar-refractivity contribution is 0.405. The smallest absolute Gasteiger partial charge is 0.0247 e. The van der Waals surface area contributed by atoms with Crippen molar-refractivity contribution in [1.82, 2.24) is 0 Å². The average Bonchev–Trinajstić information content (AvgIpc) is 2.39. The lowest BCUT2D eigenvalue weighted by Gasteiger charge is -2.23. The minimum Gasteiger partial charge on any atom is -0.0880 e. The fourth-order valence-electron chi connectivity index (χ4n) is 2.69. The fourth-order valence-corrected chi connectivity index (χ4v) is 3.31. The van der Waals surface area contributed by atoms with E-state index < -0.39 is 0 Å². The largest absolute Gasteiger partial charge is 0.0880 e. The second-order valence-corrected chi connectivity index (χ2v) is 5.61. The predicted molar refractivity (Wildman–Crippen MR) is 79.5 cm³/mol. The van der Waals surface area contributed by atoms with Crippen LogP contribution >= 0.6 is 15.9 Å². The van der Waals surface area contributed by atoms with Crippen LogP contribution in [0.1, 0.15) is 43.2 Å². The van der Waals surface area contributed by atoms with Gasteiger partial charge in [-0.25, -0.2) is 0 Å². The van der Waals surface area contributed by atoms with Gasteiger partial charge in [0.25, 0.3) is 0 Å². The highest BCUT2D eigenvalue weighted by Crippen LogP contribution is 2.32. The van der Waals surface area contributed by atoms with Crippen LogP contribution in [0.3, 0.4) is 0 Å². The number of hydrogen-bond donors (Lipinski definition) is 0. The second kappa shape index (κ2) is 6.39. The maximum atomic E-state index is 3.67. The summed E-state index contributed by atoms with van der Waals surface area (Å²) in [6.07, 6.45) is 9.40. The molecule has 0 N–H and O–H groups in total. The zero-order chi connectivity index (χ0) is 12.1. The van der Waals surface area contributed by atoms with E-state index in [1.54, 1.807) is 5.57 Å². The molecule has 0 amide bonds. The Kier molecular flexibility index (Phi) is 4.85. The summed E-state index contributed by atoms with van der Waals surface area (Å²) in [5.41, 5.74) is 4.34. The van der Waals surface area contributed by atoms with Crippen LogP contribution in [-0.2, 0) is 0 Å². The lowest BCUT2D eigenvalue weighted by Crippen LogP contribution is -2.10. The predicted octanol–water partition coefficient (Wildman–Crippen LogP) is 5.35. The second-order valence-electron chi connectivity index (χ2n) is 5.04. The molecule has 1 aliphatic rings. The van der Waals surface area contributed by atoms with Gasteiger partial charge in [0.1, 0.15) is 0 Å². The van der Waals surface area contributed by atoms with Crippen molar-refractivity contribution >= 4 is 22.0 Å². The number of hydrogen-bond acceptors (Lipinski definition) is 0. The minimum atomic E-state index is 0.808. The van der Waals surface area contributed by atoms with Crippen molar-refractivity contribution in [2.24, 2.45) is 5.92 Å². The molecule has 0 spiro atoms. The van der Waals surface area contributed by atoms with Gasteiger partial charge in [-0.1, -0.05) is 71.1 Å². The first-order valence-electron chi connectivity index (χ1n) is 6.63. The van der Waals surface area contributed by atoms with Crippen molar-refractivity contribution < 1.29 is 0 Å². The van der Waals surface area contributed by atoms with Gasteiger partial charge in [0.15, 0.2) is 0 Å². The van der Waals surface area contributed by atoms with Gasteiger partial charge in [-0.05, 0) is 36.8 Å². The first-order valence-corrected chi connectivity index (χ1v) is 7.75. The molecule has 1 fully saturated rings. The Balaban J connectivity index is 2.19. The van der Waals surface area contributed by atoms with E-state index in [1.807, 2.05) is 0 Å². The summed E-state index contributed by atoms with van der Waals surface area (Å²) in [6.45, 7) is 2.19. The summed E-state index contributed by atoms with van der Waals surface area (Å²) < 4.78 is 0. The molecule has 0 unspecified atom stereocenters. The topological polar surface area (TPSA) is 0 Å².